The second kappa shape index (κ2) is 10.4. The van der Waals surface area contributed by atoms with Crippen molar-refractivity contribution in [3.63, 3.8) is 0 Å². The smallest absolute Gasteiger partial charge is 0.303 e. The van der Waals surface area contributed by atoms with E-state index in [9.17, 15) is 19.7 Å². The highest BCUT2D eigenvalue weighted by molar-refractivity contribution is 8.26. The van der Waals surface area contributed by atoms with Crippen LogP contribution in [0.5, 0.6) is 5.75 Å². The van der Waals surface area contributed by atoms with Crippen molar-refractivity contribution in [2.45, 2.75) is 25.7 Å². The molecule has 0 unspecified atom stereocenters. The van der Waals surface area contributed by atoms with Crippen LogP contribution < -0.4 is 4.74 Å². The Hall–Kier alpha value is -3.18. The van der Waals surface area contributed by atoms with E-state index in [0.29, 0.717) is 57.9 Å². The van der Waals surface area contributed by atoms with Crippen LogP contribution in [0.3, 0.4) is 0 Å². The van der Waals surface area contributed by atoms with Crippen molar-refractivity contribution >= 4 is 51.9 Å². The van der Waals surface area contributed by atoms with E-state index >= 15 is 0 Å². The third kappa shape index (κ3) is 5.54. The number of carboxylic acids is 1. The van der Waals surface area contributed by atoms with Gasteiger partial charge >= 0.3 is 5.97 Å². The van der Waals surface area contributed by atoms with Crippen LogP contribution in [0.1, 0.15) is 31.4 Å². The van der Waals surface area contributed by atoms with Gasteiger partial charge in [0, 0.05) is 19.0 Å². The van der Waals surface area contributed by atoms with Crippen LogP contribution in [-0.2, 0) is 9.59 Å². The first-order valence-corrected chi connectivity index (χ1v) is 10.9. The number of rotatable bonds is 10. The molecule has 0 spiro atoms. The van der Waals surface area contributed by atoms with Gasteiger partial charge in [-0.3, -0.25) is 24.6 Å². The molecule has 1 saturated heterocycles. The first-order chi connectivity index (χ1) is 15.3. The minimum absolute atomic E-state index is 0.103. The lowest BCUT2D eigenvalue weighted by Crippen LogP contribution is -2.29. The van der Waals surface area contributed by atoms with Gasteiger partial charge in [0.25, 0.3) is 11.6 Å². The molecule has 168 valence electrons. The molecule has 1 aliphatic heterocycles. The maximum absolute atomic E-state index is 12.7. The van der Waals surface area contributed by atoms with Gasteiger partial charge in [0.05, 0.1) is 28.6 Å². The van der Waals surface area contributed by atoms with Crippen LogP contribution in [0, 0.1) is 10.1 Å². The highest BCUT2D eigenvalue weighted by atomic mass is 32.2. The summed E-state index contributed by atoms with van der Waals surface area (Å²) in [4.78, 5) is 36.1. The van der Waals surface area contributed by atoms with E-state index in [4.69, 9.17) is 26.5 Å². The second-order valence-corrected chi connectivity index (χ2v) is 8.56. The van der Waals surface area contributed by atoms with Gasteiger partial charge in [-0.25, -0.2) is 0 Å². The summed E-state index contributed by atoms with van der Waals surface area (Å²) >= 11 is 6.45. The standard InChI is InChI=1S/C21H20N2O7S2/c1-29-13-6-8-15(16(11-13)23(27)28)17-9-7-14(30-17)12-18-20(26)22(21(31)32-18)10-4-2-3-5-19(24)25/h6-9,11-12H,2-5,10H2,1H3,(H,24,25)/b18-12-. The maximum atomic E-state index is 12.7. The van der Waals surface area contributed by atoms with Gasteiger partial charge in [0.2, 0.25) is 0 Å². The van der Waals surface area contributed by atoms with Gasteiger partial charge < -0.3 is 14.3 Å². The topological polar surface area (TPSA) is 123 Å². The summed E-state index contributed by atoms with van der Waals surface area (Å²) in [5, 5.41) is 20.1. The van der Waals surface area contributed by atoms with E-state index in [1.807, 2.05) is 0 Å². The molecule has 1 aromatic heterocycles. The molecular weight excluding hydrogens is 456 g/mol. The number of nitro groups is 1. The van der Waals surface area contributed by atoms with E-state index in [-0.39, 0.29) is 18.0 Å². The van der Waals surface area contributed by atoms with Crippen LogP contribution in [-0.4, -0.2) is 44.8 Å². The number of carbonyl (C=O) groups is 2. The Morgan fingerprint density at radius 2 is 2.09 bits per heavy atom. The summed E-state index contributed by atoms with van der Waals surface area (Å²) in [6.07, 6.45) is 3.55. The molecule has 0 saturated carbocycles. The minimum atomic E-state index is -0.837. The number of unbranched alkanes of at least 4 members (excludes halogenated alkanes) is 2. The van der Waals surface area contributed by atoms with E-state index < -0.39 is 10.9 Å². The zero-order valence-corrected chi connectivity index (χ0v) is 18.7. The van der Waals surface area contributed by atoms with Crippen LogP contribution in [0.15, 0.2) is 39.7 Å². The third-order valence-electron chi connectivity index (χ3n) is 4.71. The predicted molar refractivity (Wildman–Crippen MR) is 123 cm³/mol. The number of carbonyl (C=O) groups excluding carboxylic acids is 1. The lowest BCUT2D eigenvalue weighted by atomic mass is 10.1. The van der Waals surface area contributed by atoms with Crippen molar-refractivity contribution in [3.8, 4) is 17.1 Å². The quantitative estimate of drug-likeness (QED) is 0.171. The number of nitrogens with zero attached hydrogens (tertiary/aromatic N) is 2. The molecule has 1 aromatic carbocycles. The normalized spacial score (nSPS) is 14.9. The molecule has 2 heterocycles. The molecular formula is C21H20N2O7S2. The molecule has 0 radical (unpaired) electrons. The van der Waals surface area contributed by atoms with E-state index in [2.05, 4.69) is 0 Å². The second-order valence-electron chi connectivity index (χ2n) is 6.88. The summed E-state index contributed by atoms with van der Waals surface area (Å²) in [7, 11) is 1.43. The zero-order chi connectivity index (χ0) is 23.3. The van der Waals surface area contributed by atoms with Gasteiger partial charge in [0.15, 0.2) is 0 Å². The van der Waals surface area contributed by atoms with Crippen LogP contribution in [0.4, 0.5) is 5.69 Å². The van der Waals surface area contributed by atoms with Gasteiger partial charge in [-0.1, -0.05) is 30.4 Å². The molecule has 3 rings (SSSR count). The number of aliphatic carboxylic acids is 1. The number of hydrogen-bond donors (Lipinski definition) is 1. The number of thioether (sulfide) groups is 1. The number of ether oxygens (including phenoxy) is 1. The monoisotopic (exact) mass is 476 g/mol. The first kappa shape index (κ1) is 23.5. The molecule has 1 aliphatic rings. The summed E-state index contributed by atoms with van der Waals surface area (Å²) in [5.41, 5.74) is 0.142. The number of hydrogen-bond acceptors (Lipinski definition) is 8. The lowest BCUT2D eigenvalue weighted by Gasteiger charge is -2.13. The average Bonchev–Trinajstić information content (AvgIpc) is 3.32. The van der Waals surface area contributed by atoms with Gasteiger partial charge in [-0.15, -0.1) is 0 Å². The highest BCUT2D eigenvalue weighted by Crippen LogP contribution is 2.36. The SMILES string of the molecule is COc1ccc(-c2ccc(/C=C3\SC(=S)N(CCCCCC(=O)O)C3=O)o2)c([N+](=O)[O-])c1. The molecule has 1 fully saturated rings. The molecule has 1 N–H and O–H groups in total. The van der Waals surface area contributed by atoms with E-state index in [1.165, 1.54) is 18.1 Å². The summed E-state index contributed by atoms with van der Waals surface area (Å²) in [6, 6.07) is 7.69. The van der Waals surface area contributed by atoms with Crippen molar-refractivity contribution < 1.29 is 28.8 Å². The van der Waals surface area contributed by atoms with Crippen LogP contribution in [0.2, 0.25) is 0 Å². The fourth-order valence-corrected chi connectivity index (χ4v) is 4.41. The first-order valence-electron chi connectivity index (χ1n) is 9.70. The molecule has 0 bridgehead atoms. The maximum Gasteiger partial charge on any atom is 0.303 e. The van der Waals surface area contributed by atoms with Crippen molar-refractivity contribution in [2.75, 3.05) is 13.7 Å². The fourth-order valence-electron chi connectivity index (χ4n) is 3.12. The Kier molecular flexibility index (Phi) is 7.65. The number of benzene rings is 1. The largest absolute Gasteiger partial charge is 0.497 e. The van der Waals surface area contributed by atoms with Gasteiger partial charge in [0.1, 0.15) is 21.6 Å². The van der Waals surface area contributed by atoms with E-state index in [0.717, 1.165) is 11.8 Å². The Balaban J connectivity index is 1.71. The zero-order valence-electron chi connectivity index (χ0n) is 17.1. The highest BCUT2D eigenvalue weighted by Gasteiger charge is 2.32. The predicted octanol–water partition coefficient (Wildman–Crippen LogP) is 4.71. The van der Waals surface area contributed by atoms with Crippen molar-refractivity contribution in [2.24, 2.45) is 0 Å². The van der Waals surface area contributed by atoms with Gasteiger partial charge in [-0.2, -0.15) is 0 Å². The lowest BCUT2D eigenvalue weighted by molar-refractivity contribution is -0.384. The molecule has 11 heteroatoms. The Bertz CT molecular complexity index is 1090. The van der Waals surface area contributed by atoms with E-state index in [1.54, 1.807) is 30.3 Å². The number of thiocarbonyl (C=S) groups is 1. The fraction of sp³-hybridized carbons (Fsp3) is 0.286. The number of methoxy groups -OCH3 is 1. The number of nitro benzene ring substituents is 1. The Morgan fingerprint density at radius 3 is 2.78 bits per heavy atom. The number of amides is 1. The number of furan rings is 1. The third-order valence-corrected chi connectivity index (χ3v) is 6.09. The average molecular weight is 477 g/mol. The summed E-state index contributed by atoms with van der Waals surface area (Å²) < 4.78 is 11.2. The molecule has 0 atom stereocenters. The molecule has 2 aromatic rings. The molecule has 1 amide bonds. The summed E-state index contributed by atoms with van der Waals surface area (Å²) in [5.74, 6) is -0.0617. The van der Waals surface area contributed by atoms with Crippen molar-refractivity contribution in [1.29, 1.82) is 0 Å². The van der Waals surface area contributed by atoms with Crippen LogP contribution in [0.25, 0.3) is 17.4 Å². The van der Waals surface area contributed by atoms with Crippen LogP contribution >= 0.6 is 24.0 Å². The molecule has 32 heavy (non-hydrogen) atoms. The van der Waals surface area contributed by atoms with Gasteiger partial charge in [-0.05, 0) is 37.1 Å². The molecule has 9 nitrogen and oxygen atoms in total. The Labute approximate surface area is 193 Å². The Morgan fingerprint density at radius 1 is 1.31 bits per heavy atom. The number of carboxylic acid groups (broad SMARTS) is 1. The van der Waals surface area contributed by atoms with Crippen molar-refractivity contribution in [1.82, 2.24) is 4.90 Å². The minimum Gasteiger partial charge on any atom is -0.497 e. The molecule has 0 aliphatic carbocycles. The van der Waals surface area contributed by atoms with Crippen molar-refractivity contribution in [3.05, 3.63) is 51.1 Å². The summed E-state index contributed by atoms with van der Waals surface area (Å²) in [6.45, 7) is 0.420.